The molecule has 1 aromatic heterocycles. The van der Waals surface area contributed by atoms with Crippen molar-refractivity contribution in [3.63, 3.8) is 0 Å². The molecule has 0 aliphatic heterocycles. The maximum absolute atomic E-state index is 10.7. The Morgan fingerprint density at radius 2 is 2.33 bits per heavy atom. The van der Waals surface area contributed by atoms with Crippen LogP contribution in [0.25, 0.3) is 0 Å². The summed E-state index contributed by atoms with van der Waals surface area (Å²) in [6.07, 6.45) is 1.93. The van der Waals surface area contributed by atoms with E-state index in [2.05, 4.69) is 4.72 Å². The van der Waals surface area contributed by atoms with Crippen molar-refractivity contribution >= 4 is 21.4 Å². The molecule has 0 radical (unpaired) electrons. The fourth-order valence-corrected chi connectivity index (χ4v) is 1.99. The number of hydrogen-bond donors (Lipinski definition) is 1. The molecule has 0 saturated heterocycles. The standard InChI is InChI=1S/C7H11NO2S2/c1-12(9,10)8-4-2-7-3-5-11-6-7/h3,5-6,8H,2,4H2,1H3. The minimum atomic E-state index is -3.02. The van der Waals surface area contributed by atoms with Gasteiger partial charge in [0.1, 0.15) is 0 Å². The molecule has 1 rings (SSSR count). The molecule has 1 heterocycles. The highest BCUT2D eigenvalue weighted by Crippen LogP contribution is 2.05. The summed E-state index contributed by atoms with van der Waals surface area (Å²) < 4.78 is 23.7. The molecule has 0 aliphatic rings. The van der Waals surface area contributed by atoms with Crippen molar-refractivity contribution < 1.29 is 8.42 Å². The van der Waals surface area contributed by atoms with Crippen LogP contribution < -0.4 is 4.72 Å². The summed E-state index contributed by atoms with van der Waals surface area (Å²) in [7, 11) is -3.02. The van der Waals surface area contributed by atoms with Crippen molar-refractivity contribution in [3.8, 4) is 0 Å². The highest BCUT2D eigenvalue weighted by atomic mass is 32.2. The second kappa shape index (κ2) is 4.02. The van der Waals surface area contributed by atoms with Gasteiger partial charge < -0.3 is 0 Å². The van der Waals surface area contributed by atoms with Crippen LogP contribution in [0.4, 0.5) is 0 Å². The molecule has 0 atom stereocenters. The molecule has 0 bridgehead atoms. The summed E-state index contributed by atoms with van der Waals surface area (Å²) in [5.74, 6) is 0. The Morgan fingerprint density at radius 1 is 1.58 bits per heavy atom. The molecule has 1 N–H and O–H groups in total. The van der Waals surface area contributed by atoms with Crippen LogP contribution >= 0.6 is 11.3 Å². The van der Waals surface area contributed by atoms with Gasteiger partial charge in [-0.25, -0.2) is 13.1 Å². The lowest BCUT2D eigenvalue weighted by Gasteiger charge is -1.99. The zero-order chi connectivity index (χ0) is 9.03. The van der Waals surface area contributed by atoms with Crippen LogP contribution in [0.2, 0.25) is 0 Å². The van der Waals surface area contributed by atoms with E-state index in [0.29, 0.717) is 6.54 Å². The summed E-state index contributed by atoms with van der Waals surface area (Å²) in [4.78, 5) is 0. The zero-order valence-corrected chi connectivity index (χ0v) is 8.41. The minimum Gasteiger partial charge on any atom is -0.215 e. The van der Waals surface area contributed by atoms with E-state index < -0.39 is 10.0 Å². The Bertz CT molecular complexity index is 315. The fourth-order valence-electron chi connectivity index (χ4n) is 0.816. The van der Waals surface area contributed by atoms with Gasteiger partial charge in [-0.15, -0.1) is 0 Å². The van der Waals surface area contributed by atoms with Crippen molar-refractivity contribution in [2.24, 2.45) is 0 Å². The van der Waals surface area contributed by atoms with Gasteiger partial charge in [0.15, 0.2) is 0 Å². The molecule has 68 valence electrons. The molecule has 12 heavy (non-hydrogen) atoms. The van der Waals surface area contributed by atoms with Crippen LogP contribution in [0.5, 0.6) is 0 Å². The van der Waals surface area contributed by atoms with Gasteiger partial charge in [0.05, 0.1) is 6.26 Å². The number of nitrogens with one attached hydrogen (secondary N) is 1. The van der Waals surface area contributed by atoms with Gasteiger partial charge in [-0.1, -0.05) is 0 Å². The molecule has 3 nitrogen and oxygen atoms in total. The van der Waals surface area contributed by atoms with E-state index >= 15 is 0 Å². The maximum Gasteiger partial charge on any atom is 0.208 e. The van der Waals surface area contributed by atoms with E-state index in [0.717, 1.165) is 6.42 Å². The summed E-state index contributed by atoms with van der Waals surface area (Å²) >= 11 is 1.62. The van der Waals surface area contributed by atoms with E-state index in [4.69, 9.17) is 0 Å². The second-order valence-electron chi connectivity index (χ2n) is 2.55. The maximum atomic E-state index is 10.7. The number of thiophene rings is 1. The average molecular weight is 205 g/mol. The number of sulfonamides is 1. The van der Waals surface area contributed by atoms with Crippen LogP contribution in [0.15, 0.2) is 16.8 Å². The topological polar surface area (TPSA) is 46.2 Å². The lowest BCUT2D eigenvalue weighted by molar-refractivity contribution is 0.588. The molecule has 5 heteroatoms. The lowest BCUT2D eigenvalue weighted by Crippen LogP contribution is -2.24. The molecule has 0 saturated carbocycles. The Labute approximate surface area is 76.5 Å². The van der Waals surface area contributed by atoms with E-state index in [1.165, 1.54) is 11.8 Å². The van der Waals surface area contributed by atoms with Crippen LogP contribution in [0, 0.1) is 0 Å². The monoisotopic (exact) mass is 205 g/mol. The van der Waals surface area contributed by atoms with Crippen molar-refractivity contribution in [2.45, 2.75) is 6.42 Å². The Kier molecular flexibility index (Phi) is 3.25. The molecule has 0 spiro atoms. The Hall–Kier alpha value is -0.390. The van der Waals surface area contributed by atoms with Crippen LogP contribution in [-0.2, 0) is 16.4 Å². The van der Waals surface area contributed by atoms with Gasteiger partial charge in [-0.05, 0) is 28.8 Å². The smallest absolute Gasteiger partial charge is 0.208 e. The number of hydrogen-bond acceptors (Lipinski definition) is 3. The third-order valence-corrected chi connectivity index (χ3v) is 2.82. The highest BCUT2D eigenvalue weighted by Gasteiger charge is 1.99. The molecule has 0 unspecified atom stereocenters. The van der Waals surface area contributed by atoms with Gasteiger partial charge >= 0.3 is 0 Å². The molecule has 0 aliphatic carbocycles. The molecule has 0 fully saturated rings. The molecule has 0 amide bonds. The zero-order valence-electron chi connectivity index (χ0n) is 6.78. The van der Waals surface area contributed by atoms with Crippen molar-refractivity contribution in [1.29, 1.82) is 0 Å². The minimum absolute atomic E-state index is 0.482. The summed E-state index contributed by atoms with van der Waals surface area (Å²) in [5, 5.41) is 4.00. The quantitative estimate of drug-likeness (QED) is 0.791. The normalized spacial score (nSPS) is 11.8. The summed E-state index contributed by atoms with van der Waals surface area (Å²) in [5.41, 5.74) is 1.18. The second-order valence-corrected chi connectivity index (χ2v) is 5.16. The molecular weight excluding hydrogens is 194 g/mol. The predicted molar refractivity (Wildman–Crippen MR) is 50.9 cm³/mol. The van der Waals surface area contributed by atoms with E-state index in [9.17, 15) is 8.42 Å². The first-order valence-electron chi connectivity index (χ1n) is 3.53. The first kappa shape index (κ1) is 9.70. The summed E-state index contributed by atoms with van der Waals surface area (Å²) in [6, 6.07) is 1.99. The lowest BCUT2D eigenvalue weighted by atomic mass is 10.2. The Morgan fingerprint density at radius 3 is 2.83 bits per heavy atom. The SMILES string of the molecule is CS(=O)(=O)NCCc1ccsc1. The van der Waals surface area contributed by atoms with Crippen LogP contribution in [0.3, 0.4) is 0 Å². The van der Waals surface area contributed by atoms with Gasteiger partial charge in [-0.2, -0.15) is 11.3 Å². The van der Waals surface area contributed by atoms with Crippen molar-refractivity contribution in [2.75, 3.05) is 12.8 Å². The third-order valence-electron chi connectivity index (χ3n) is 1.36. The van der Waals surface area contributed by atoms with Crippen LogP contribution in [0.1, 0.15) is 5.56 Å². The van der Waals surface area contributed by atoms with Gasteiger partial charge in [-0.3, -0.25) is 0 Å². The first-order valence-corrected chi connectivity index (χ1v) is 6.37. The van der Waals surface area contributed by atoms with Crippen LogP contribution in [-0.4, -0.2) is 21.2 Å². The van der Waals surface area contributed by atoms with Gasteiger partial charge in [0.2, 0.25) is 10.0 Å². The molecule has 0 aromatic carbocycles. The molecular formula is C7H11NO2S2. The van der Waals surface area contributed by atoms with E-state index in [-0.39, 0.29) is 0 Å². The van der Waals surface area contributed by atoms with Crippen molar-refractivity contribution in [3.05, 3.63) is 22.4 Å². The number of rotatable bonds is 4. The summed E-state index contributed by atoms with van der Waals surface area (Å²) in [6.45, 7) is 0.482. The third kappa shape index (κ3) is 3.85. The van der Waals surface area contributed by atoms with Gasteiger partial charge in [0, 0.05) is 6.54 Å². The van der Waals surface area contributed by atoms with Crippen molar-refractivity contribution in [1.82, 2.24) is 4.72 Å². The first-order chi connectivity index (χ1) is 5.58. The van der Waals surface area contributed by atoms with Gasteiger partial charge in [0.25, 0.3) is 0 Å². The van der Waals surface area contributed by atoms with E-state index in [1.54, 1.807) is 11.3 Å². The largest absolute Gasteiger partial charge is 0.215 e. The van der Waals surface area contributed by atoms with E-state index in [1.807, 2.05) is 16.8 Å². The highest BCUT2D eigenvalue weighted by molar-refractivity contribution is 7.88. The Balaban J connectivity index is 2.29. The predicted octanol–water partition coefficient (Wildman–Crippen LogP) is 0.840. The fraction of sp³-hybridized carbons (Fsp3) is 0.429. The average Bonchev–Trinajstić information content (AvgIpc) is 2.36. The molecule has 1 aromatic rings.